The molecule has 0 atom stereocenters. The van der Waals surface area contributed by atoms with E-state index in [2.05, 4.69) is 11.1 Å². The van der Waals surface area contributed by atoms with Gasteiger partial charge >= 0.3 is 0 Å². The van der Waals surface area contributed by atoms with Gasteiger partial charge in [0.05, 0.1) is 12.8 Å². The lowest BCUT2D eigenvalue weighted by Crippen LogP contribution is -1.97. The van der Waals surface area contributed by atoms with Crippen LogP contribution >= 0.6 is 0 Å². The van der Waals surface area contributed by atoms with Gasteiger partial charge in [0.25, 0.3) is 0 Å². The number of ether oxygens (including phenoxy) is 1. The molecule has 4 nitrogen and oxygen atoms in total. The molecule has 1 heterocycles. The topological polar surface area (TPSA) is 66.1 Å². The smallest absolute Gasteiger partial charge is 0.232 e. The van der Waals surface area contributed by atoms with Crippen LogP contribution in [0.5, 0.6) is 11.6 Å². The molecule has 0 saturated carbocycles. The largest absolute Gasteiger partial charge is 0.508 e. The van der Waals surface area contributed by atoms with Gasteiger partial charge in [-0.1, -0.05) is 24.3 Å². The molecule has 0 radical (unpaired) electrons. The van der Waals surface area contributed by atoms with Crippen molar-refractivity contribution >= 4 is 0 Å². The Kier molecular flexibility index (Phi) is 4.13. The summed E-state index contributed by atoms with van der Waals surface area (Å²) in [5.74, 6) is -0.0647. The van der Waals surface area contributed by atoms with Crippen molar-refractivity contribution in [2.24, 2.45) is 0 Å². The van der Waals surface area contributed by atoms with Crippen molar-refractivity contribution in [3.05, 3.63) is 66.0 Å². The van der Waals surface area contributed by atoms with E-state index < -0.39 is 0 Å². The van der Waals surface area contributed by atoms with Gasteiger partial charge in [-0.15, -0.1) is 0 Å². The van der Waals surface area contributed by atoms with Crippen LogP contribution in [0.25, 0.3) is 22.4 Å². The molecular formula is C19H13FN2O2. The van der Waals surface area contributed by atoms with Crippen LogP contribution in [-0.2, 0) is 0 Å². The minimum absolute atomic E-state index is 0.112. The number of phenols is 1. The number of nitriles is 1. The van der Waals surface area contributed by atoms with Crippen molar-refractivity contribution in [3.8, 4) is 40.1 Å². The highest BCUT2D eigenvalue weighted by Gasteiger charge is 2.16. The van der Waals surface area contributed by atoms with E-state index in [0.717, 1.165) is 0 Å². The van der Waals surface area contributed by atoms with Crippen LogP contribution in [0.4, 0.5) is 4.39 Å². The van der Waals surface area contributed by atoms with Gasteiger partial charge in [0, 0.05) is 11.1 Å². The van der Waals surface area contributed by atoms with Crippen LogP contribution in [0.1, 0.15) is 5.56 Å². The van der Waals surface area contributed by atoms with Gasteiger partial charge in [0.15, 0.2) is 0 Å². The quantitative estimate of drug-likeness (QED) is 0.787. The number of benzene rings is 2. The van der Waals surface area contributed by atoms with Gasteiger partial charge in [-0.2, -0.15) is 5.26 Å². The molecule has 24 heavy (non-hydrogen) atoms. The number of hydrogen-bond donors (Lipinski definition) is 1. The number of pyridine rings is 1. The molecule has 0 unspecified atom stereocenters. The first kappa shape index (κ1) is 15.5. The number of hydrogen-bond acceptors (Lipinski definition) is 4. The van der Waals surface area contributed by atoms with Crippen molar-refractivity contribution in [2.75, 3.05) is 7.11 Å². The number of nitrogens with zero attached hydrogens (tertiary/aromatic N) is 2. The van der Waals surface area contributed by atoms with Crippen molar-refractivity contribution < 1.29 is 14.2 Å². The normalized spacial score (nSPS) is 10.2. The maximum atomic E-state index is 13.2. The SMILES string of the molecule is COc1nc(-c2cccc(O)c2)cc(-c2ccc(F)cc2)c1C#N. The molecule has 0 bridgehead atoms. The number of aromatic nitrogens is 1. The molecule has 5 heteroatoms. The number of rotatable bonds is 3. The summed E-state index contributed by atoms with van der Waals surface area (Å²) in [4.78, 5) is 4.35. The first-order chi connectivity index (χ1) is 11.6. The van der Waals surface area contributed by atoms with E-state index in [1.807, 2.05) is 0 Å². The molecule has 1 aromatic heterocycles. The van der Waals surface area contributed by atoms with Crippen molar-refractivity contribution in [1.82, 2.24) is 4.98 Å². The maximum absolute atomic E-state index is 13.2. The maximum Gasteiger partial charge on any atom is 0.232 e. The average molecular weight is 320 g/mol. The fourth-order valence-corrected chi connectivity index (χ4v) is 2.45. The number of phenolic OH excluding ortho intramolecular Hbond substituents is 1. The molecule has 2 aromatic carbocycles. The standard InChI is InChI=1S/C19H13FN2O2/c1-24-19-17(11-21)16(12-5-7-14(20)8-6-12)10-18(22-19)13-3-2-4-15(23)9-13/h2-10,23H,1H3. The molecule has 0 amide bonds. The first-order valence-corrected chi connectivity index (χ1v) is 7.17. The molecule has 0 aliphatic heterocycles. The summed E-state index contributed by atoms with van der Waals surface area (Å²) < 4.78 is 18.4. The molecule has 0 fully saturated rings. The van der Waals surface area contributed by atoms with Crippen molar-refractivity contribution in [3.63, 3.8) is 0 Å². The lowest BCUT2D eigenvalue weighted by atomic mass is 9.98. The molecule has 0 aliphatic carbocycles. The number of aromatic hydroxyl groups is 1. The fraction of sp³-hybridized carbons (Fsp3) is 0.0526. The van der Waals surface area contributed by atoms with Crippen LogP contribution in [0.3, 0.4) is 0 Å². The highest BCUT2D eigenvalue weighted by molar-refractivity contribution is 5.78. The average Bonchev–Trinajstić information content (AvgIpc) is 2.61. The summed E-state index contributed by atoms with van der Waals surface area (Å²) in [6.45, 7) is 0. The third-order valence-corrected chi connectivity index (χ3v) is 3.59. The van der Waals surface area contributed by atoms with Crippen LogP contribution in [0, 0.1) is 17.1 Å². The van der Waals surface area contributed by atoms with Crippen molar-refractivity contribution in [1.29, 1.82) is 5.26 Å². The lowest BCUT2D eigenvalue weighted by molar-refractivity contribution is 0.397. The summed E-state index contributed by atoms with van der Waals surface area (Å²) in [6, 6.07) is 16.3. The zero-order valence-electron chi connectivity index (χ0n) is 12.8. The highest BCUT2D eigenvalue weighted by atomic mass is 19.1. The second-order valence-electron chi connectivity index (χ2n) is 5.11. The summed E-state index contributed by atoms with van der Waals surface area (Å²) in [6.07, 6.45) is 0. The monoisotopic (exact) mass is 320 g/mol. The van der Waals surface area contributed by atoms with Gasteiger partial charge in [-0.25, -0.2) is 9.37 Å². The predicted octanol–water partition coefficient (Wildman–Crippen LogP) is 4.14. The predicted molar refractivity (Wildman–Crippen MR) is 88.0 cm³/mol. The number of methoxy groups -OCH3 is 1. The Morgan fingerprint density at radius 1 is 1.08 bits per heavy atom. The summed E-state index contributed by atoms with van der Waals surface area (Å²) in [5.41, 5.74) is 2.76. The summed E-state index contributed by atoms with van der Waals surface area (Å²) in [7, 11) is 1.43. The fourth-order valence-electron chi connectivity index (χ4n) is 2.45. The van der Waals surface area contributed by atoms with E-state index in [-0.39, 0.29) is 23.0 Å². The van der Waals surface area contributed by atoms with Crippen LogP contribution in [0.15, 0.2) is 54.6 Å². The first-order valence-electron chi connectivity index (χ1n) is 7.17. The molecule has 118 valence electrons. The Balaban J connectivity index is 2.25. The Morgan fingerprint density at radius 2 is 1.83 bits per heavy atom. The molecule has 3 aromatic rings. The van der Waals surface area contributed by atoms with Crippen LogP contribution in [0.2, 0.25) is 0 Å². The summed E-state index contributed by atoms with van der Waals surface area (Å²) >= 11 is 0. The molecule has 1 N–H and O–H groups in total. The van der Waals surface area contributed by atoms with Gasteiger partial charge in [0.2, 0.25) is 5.88 Å². The third-order valence-electron chi connectivity index (χ3n) is 3.59. The van der Waals surface area contributed by atoms with Crippen LogP contribution < -0.4 is 4.74 Å². The second kappa shape index (κ2) is 6.39. The van der Waals surface area contributed by atoms with E-state index in [9.17, 15) is 14.8 Å². The molecule has 3 rings (SSSR count). The van der Waals surface area contributed by atoms with E-state index in [0.29, 0.717) is 22.4 Å². The third kappa shape index (κ3) is 2.90. The number of halogens is 1. The molecule has 0 spiro atoms. The van der Waals surface area contributed by atoms with Crippen molar-refractivity contribution in [2.45, 2.75) is 0 Å². The van der Waals surface area contributed by atoms with Gasteiger partial charge in [-0.3, -0.25) is 0 Å². The van der Waals surface area contributed by atoms with Crippen LogP contribution in [-0.4, -0.2) is 17.2 Å². The van der Waals surface area contributed by atoms with E-state index >= 15 is 0 Å². The molecule has 0 saturated heterocycles. The van der Waals surface area contributed by atoms with Gasteiger partial charge in [-0.05, 0) is 35.9 Å². The Hall–Kier alpha value is -3.39. The van der Waals surface area contributed by atoms with E-state index in [1.54, 1.807) is 42.5 Å². The van der Waals surface area contributed by atoms with E-state index in [1.165, 1.54) is 19.2 Å². The Morgan fingerprint density at radius 3 is 2.46 bits per heavy atom. The highest BCUT2D eigenvalue weighted by Crippen LogP contribution is 2.34. The Labute approximate surface area is 138 Å². The van der Waals surface area contributed by atoms with Gasteiger partial charge < -0.3 is 9.84 Å². The van der Waals surface area contributed by atoms with Gasteiger partial charge in [0.1, 0.15) is 23.2 Å². The van der Waals surface area contributed by atoms with E-state index in [4.69, 9.17) is 4.74 Å². The minimum atomic E-state index is -0.355. The lowest BCUT2D eigenvalue weighted by Gasteiger charge is -2.12. The summed E-state index contributed by atoms with van der Waals surface area (Å²) in [5, 5.41) is 19.1. The zero-order valence-corrected chi connectivity index (χ0v) is 12.8. The minimum Gasteiger partial charge on any atom is -0.508 e. The Bertz CT molecular complexity index is 931. The zero-order chi connectivity index (χ0) is 17.1. The molecule has 0 aliphatic rings. The molecular weight excluding hydrogens is 307 g/mol. The second-order valence-corrected chi connectivity index (χ2v) is 5.11.